The summed E-state index contributed by atoms with van der Waals surface area (Å²) in [4.78, 5) is 0. The second-order valence-corrected chi connectivity index (χ2v) is 6.31. The molecule has 0 saturated heterocycles. The zero-order valence-corrected chi connectivity index (χ0v) is 13.5. The van der Waals surface area contributed by atoms with E-state index in [1.165, 1.54) is 17.7 Å². The van der Waals surface area contributed by atoms with E-state index in [0.717, 1.165) is 17.1 Å². The van der Waals surface area contributed by atoms with E-state index in [1.807, 2.05) is 44.2 Å². The standard InChI is InChI=1S/C18H22FN3/c1-13(2)11-16-9-10-17(22-21-16)20-12-18(3,4)14-5-7-15(19)8-6-14/h5-11H,12H2,1-4H3,(H,20,22). The third-order valence-corrected chi connectivity index (χ3v) is 3.46. The molecule has 3 nitrogen and oxygen atoms in total. The second-order valence-electron chi connectivity index (χ2n) is 6.31. The van der Waals surface area contributed by atoms with Crippen molar-refractivity contribution in [3.63, 3.8) is 0 Å². The highest BCUT2D eigenvalue weighted by Crippen LogP contribution is 2.23. The number of benzene rings is 1. The van der Waals surface area contributed by atoms with Gasteiger partial charge in [0, 0.05) is 12.0 Å². The Hall–Kier alpha value is -2.23. The minimum atomic E-state index is -0.215. The Kier molecular flexibility index (Phi) is 4.91. The SMILES string of the molecule is CC(C)=Cc1ccc(NCC(C)(C)c2ccc(F)cc2)nn1. The molecule has 0 saturated carbocycles. The molecule has 0 aliphatic rings. The molecule has 0 spiro atoms. The molecule has 116 valence electrons. The third-order valence-electron chi connectivity index (χ3n) is 3.46. The molecule has 0 aliphatic heterocycles. The maximum absolute atomic E-state index is 13.0. The first-order valence-corrected chi connectivity index (χ1v) is 7.35. The number of aromatic nitrogens is 2. The molecule has 2 rings (SSSR count). The van der Waals surface area contributed by atoms with Crippen LogP contribution in [-0.4, -0.2) is 16.7 Å². The van der Waals surface area contributed by atoms with Crippen molar-refractivity contribution in [2.24, 2.45) is 0 Å². The van der Waals surface area contributed by atoms with Gasteiger partial charge in [-0.15, -0.1) is 10.2 Å². The number of hydrogen-bond donors (Lipinski definition) is 1. The van der Waals surface area contributed by atoms with E-state index in [-0.39, 0.29) is 11.2 Å². The van der Waals surface area contributed by atoms with Gasteiger partial charge in [0.05, 0.1) is 5.69 Å². The van der Waals surface area contributed by atoms with Crippen LogP contribution in [0.3, 0.4) is 0 Å². The van der Waals surface area contributed by atoms with Gasteiger partial charge in [-0.05, 0) is 49.8 Å². The minimum Gasteiger partial charge on any atom is -0.368 e. The van der Waals surface area contributed by atoms with Gasteiger partial charge in [-0.25, -0.2) is 4.39 Å². The van der Waals surface area contributed by atoms with Gasteiger partial charge in [-0.1, -0.05) is 31.6 Å². The molecule has 0 bridgehead atoms. The molecule has 0 amide bonds. The van der Waals surface area contributed by atoms with Crippen LogP contribution in [0.1, 0.15) is 39.0 Å². The van der Waals surface area contributed by atoms with E-state index in [9.17, 15) is 4.39 Å². The summed E-state index contributed by atoms with van der Waals surface area (Å²) in [6, 6.07) is 10.5. The average molecular weight is 299 g/mol. The molecule has 1 N–H and O–H groups in total. The summed E-state index contributed by atoms with van der Waals surface area (Å²) >= 11 is 0. The van der Waals surface area contributed by atoms with E-state index >= 15 is 0 Å². The molecule has 1 heterocycles. The molecule has 2 aromatic rings. The molecule has 0 radical (unpaired) electrons. The Balaban J connectivity index is 2.02. The van der Waals surface area contributed by atoms with E-state index in [4.69, 9.17) is 0 Å². The number of nitrogens with one attached hydrogen (secondary N) is 1. The third kappa shape index (κ3) is 4.38. The predicted molar refractivity (Wildman–Crippen MR) is 89.3 cm³/mol. The van der Waals surface area contributed by atoms with Gasteiger partial charge >= 0.3 is 0 Å². The van der Waals surface area contributed by atoms with Crippen LogP contribution in [0.4, 0.5) is 10.2 Å². The van der Waals surface area contributed by atoms with Crippen molar-refractivity contribution < 1.29 is 4.39 Å². The lowest BCUT2D eigenvalue weighted by Gasteiger charge is -2.25. The fraction of sp³-hybridized carbons (Fsp3) is 0.333. The Bertz CT molecular complexity index is 639. The molecule has 1 aromatic carbocycles. The minimum absolute atomic E-state index is 0.131. The zero-order chi connectivity index (χ0) is 16.2. The largest absolute Gasteiger partial charge is 0.368 e. The fourth-order valence-corrected chi connectivity index (χ4v) is 2.12. The van der Waals surface area contributed by atoms with E-state index < -0.39 is 0 Å². The number of allylic oxidation sites excluding steroid dienone is 1. The highest BCUT2D eigenvalue weighted by atomic mass is 19.1. The van der Waals surface area contributed by atoms with Crippen LogP contribution in [0.15, 0.2) is 42.0 Å². The van der Waals surface area contributed by atoms with Crippen molar-refractivity contribution >= 4 is 11.9 Å². The first-order chi connectivity index (χ1) is 10.4. The highest BCUT2D eigenvalue weighted by molar-refractivity contribution is 5.49. The number of hydrogen-bond acceptors (Lipinski definition) is 3. The van der Waals surface area contributed by atoms with Crippen LogP contribution < -0.4 is 5.32 Å². The van der Waals surface area contributed by atoms with Crippen LogP contribution >= 0.6 is 0 Å². The summed E-state index contributed by atoms with van der Waals surface area (Å²) in [5, 5.41) is 11.6. The van der Waals surface area contributed by atoms with Crippen molar-refractivity contribution in [3.8, 4) is 0 Å². The maximum Gasteiger partial charge on any atom is 0.148 e. The zero-order valence-electron chi connectivity index (χ0n) is 13.5. The molecular formula is C18H22FN3. The highest BCUT2D eigenvalue weighted by Gasteiger charge is 2.20. The number of halogens is 1. The van der Waals surface area contributed by atoms with Crippen LogP contribution in [0, 0.1) is 5.82 Å². The lowest BCUT2D eigenvalue weighted by molar-refractivity contribution is 0.552. The summed E-state index contributed by atoms with van der Waals surface area (Å²) in [5.74, 6) is 0.523. The van der Waals surface area contributed by atoms with Gasteiger partial charge in [0.25, 0.3) is 0 Å². The lowest BCUT2D eigenvalue weighted by atomic mass is 9.84. The molecule has 0 aliphatic carbocycles. The van der Waals surface area contributed by atoms with Crippen molar-refractivity contribution in [2.45, 2.75) is 33.1 Å². The van der Waals surface area contributed by atoms with Gasteiger partial charge in [-0.3, -0.25) is 0 Å². The Labute approximate surface area is 131 Å². The Morgan fingerprint density at radius 3 is 2.32 bits per heavy atom. The lowest BCUT2D eigenvalue weighted by Crippen LogP contribution is -2.28. The van der Waals surface area contributed by atoms with Crippen LogP contribution in [0.5, 0.6) is 0 Å². The molecule has 1 aromatic heterocycles. The Morgan fingerprint density at radius 2 is 1.77 bits per heavy atom. The van der Waals surface area contributed by atoms with Crippen molar-refractivity contribution in [2.75, 3.05) is 11.9 Å². The molecule has 0 atom stereocenters. The fourth-order valence-electron chi connectivity index (χ4n) is 2.12. The van der Waals surface area contributed by atoms with Gasteiger partial charge < -0.3 is 5.32 Å². The maximum atomic E-state index is 13.0. The van der Waals surface area contributed by atoms with Crippen molar-refractivity contribution in [1.29, 1.82) is 0 Å². The summed E-state index contributed by atoms with van der Waals surface area (Å²) in [7, 11) is 0. The van der Waals surface area contributed by atoms with Gasteiger partial charge in [0.2, 0.25) is 0 Å². The van der Waals surface area contributed by atoms with Crippen LogP contribution in [-0.2, 0) is 5.41 Å². The van der Waals surface area contributed by atoms with E-state index in [2.05, 4.69) is 29.4 Å². The summed E-state index contributed by atoms with van der Waals surface area (Å²) in [5.41, 5.74) is 2.99. The first-order valence-electron chi connectivity index (χ1n) is 7.35. The number of nitrogens with zero attached hydrogens (tertiary/aromatic N) is 2. The molecule has 22 heavy (non-hydrogen) atoms. The van der Waals surface area contributed by atoms with E-state index in [1.54, 1.807) is 0 Å². The molecule has 0 fully saturated rings. The topological polar surface area (TPSA) is 37.8 Å². The van der Waals surface area contributed by atoms with Gasteiger partial charge in [-0.2, -0.15) is 0 Å². The van der Waals surface area contributed by atoms with Crippen LogP contribution in [0.25, 0.3) is 6.08 Å². The summed E-state index contributed by atoms with van der Waals surface area (Å²) < 4.78 is 13.0. The number of rotatable bonds is 5. The smallest absolute Gasteiger partial charge is 0.148 e. The predicted octanol–water partition coefficient (Wildman–Crippen LogP) is 4.43. The van der Waals surface area contributed by atoms with Crippen LogP contribution in [0.2, 0.25) is 0 Å². The van der Waals surface area contributed by atoms with Crippen molar-refractivity contribution in [1.82, 2.24) is 10.2 Å². The van der Waals surface area contributed by atoms with Gasteiger partial charge in [0.15, 0.2) is 0 Å². The summed E-state index contributed by atoms with van der Waals surface area (Å²) in [6.45, 7) is 8.96. The monoisotopic (exact) mass is 299 g/mol. The Morgan fingerprint density at radius 1 is 1.09 bits per heavy atom. The second kappa shape index (κ2) is 6.69. The number of anilines is 1. The van der Waals surface area contributed by atoms with E-state index in [0.29, 0.717) is 6.54 Å². The molecule has 4 heteroatoms. The molecule has 0 unspecified atom stereocenters. The quantitative estimate of drug-likeness (QED) is 0.887. The normalized spacial score (nSPS) is 11.1. The first kappa shape index (κ1) is 16.1. The van der Waals surface area contributed by atoms with Crippen molar-refractivity contribution in [3.05, 3.63) is 59.0 Å². The molecular weight excluding hydrogens is 277 g/mol. The van der Waals surface area contributed by atoms with Gasteiger partial charge in [0.1, 0.15) is 11.6 Å². The summed E-state index contributed by atoms with van der Waals surface area (Å²) in [6.07, 6.45) is 1.99. The average Bonchev–Trinajstić information content (AvgIpc) is 2.46.